The van der Waals surface area contributed by atoms with Crippen molar-refractivity contribution in [2.75, 3.05) is 0 Å². The first kappa shape index (κ1) is 15.5. The Hall–Kier alpha value is -1.54. The van der Waals surface area contributed by atoms with Crippen LogP contribution in [0, 0.1) is 18.2 Å². The monoisotopic (exact) mass is 273 g/mol. The van der Waals surface area contributed by atoms with Gasteiger partial charge in [0.25, 0.3) is 0 Å². The number of nitrogens with one attached hydrogen (secondary N) is 1. The summed E-state index contributed by atoms with van der Waals surface area (Å²) in [5, 5.41) is 2.86. The fourth-order valence-corrected chi connectivity index (χ4v) is 1.73. The second-order valence-corrected chi connectivity index (χ2v) is 4.19. The first-order chi connectivity index (χ1) is 8.88. The summed E-state index contributed by atoms with van der Waals surface area (Å²) >= 11 is 0. The van der Waals surface area contributed by atoms with Crippen LogP contribution in [0.2, 0.25) is 0 Å². The van der Waals surface area contributed by atoms with E-state index < -0.39 is 17.6 Å². The van der Waals surface area contributed by atoms with Crippen LogP contribution < -0.4 is 5.32 Å². The molecule has 1 aromatic carbocycles. The van der Waals surface area contributed by atoms with E-state index >= 15 is 0 Å². The molecule has 0 spiro atoms. The molecule has 1 nitrogen and oxygen atoms in total. The van der Waals surface area contributed by atoms with Gasteiger partial charge in [0.2, 0.25) is 0 Å². The van der Waals surface area contributed by atoms with Crippen molar-refractivity contribution in [2.24, 2.45) is 0 Å². The topological polar surface area (TPSA) is 12.0 Å². The Morgan fingerprint density at radius 3 is 2.58 bits per heavy atom. The molecular formula is C14H15F4N. The van der Waals surface area contributed by atoms with Crippen molar-refractivity contribution in [1.29, 1.82) is 0 Å². The van der Waals surface area contributed by atoms with E-state index in [9.17, 15) is 17.6 Å². The van der Waals surface area contributed by atoms with E-state index in [1.807, 2.05) is 6.92 Å². The predicted molar refractivity (Wildman–Crippen MR) is 65.8 cm³/mol. The highest BCUT2D eigenvalue weighted by molar-refractivity contribution is 5.30. The minimum Gasteiger partial charge on any atom is -0.300 e. The van der Waals surface area contributed by atoms with E-state index in [4.69, 9.17) is 6.42 Å². The maximum Gasteiger partial charge on any atom is 0.416 e. The van der Waals surface area contributed by atoms with Crippen molar-refractivity contribution in [3.63, 3.8) is 0 Å². The maximum absolute atomic E-state index is 12.9. The Balaban J connectivity index is 2.87. The molecule has 0 radical (unpaired) electrons. The largest absolute Gasteiger partial charge is 0.416 e. The first-order valence-electron chi connectivity index (χ1n) is 5.93. The zero-order valence-corrected chi connectivity index (χ0v) is 10.5. The van der Waals surface area contributed by atoms with Crippen LogP contribution in [-0.4, -0.2) is 6.04 Å². The van der Waals surface area contributed by atoms with E-state index in [0.29, 0.717) is 12.5 Å². The quantitative estimate of drug-likeness (QED) is 0.636. The molecule has 104 valence electrons. The van der Waals surface area contributed by atoms with Crippen LogP contribution in [0.1, 0.15) is 30.9 Å². The van der Waals surface area contributed by atoms with Gasteiger partial charge >= 0.3 is 6.18 Å². The lowest BCUT2D eigenvalue weighted by molar-refractivity contribution is -0.138. The molecule has 0 aliphatic heterocycles. The molecule has 1 unspecified atom stereocenters. The van der Waals surface area contributed by atoms with Crippen LogP contribution in [0.3, 0.4) is 0 Å². The molecule has 5 heteroatoms. The van der Waals surface area contributed by atoms with Crippen LogP contribution in [0.15, 0.2) is 18.2 Å². The summed E-state index contributed by atoms with van der Waals surface area (Å²) in [7, 11) is 0. The Morgan fingerprint density at radius 1 is 1.37 bits per heavy atom. The maximum atomic E-state index is 12.9. The second-order valence-electron chi connectivity index (χ2n) is 4.19. The zero-order chi connectivity index (χ0) is 14.5. The van der Waals surface area contributed by atoms with Crippen molar-refractivity contribution in [1.82, 2.24) is 5.32 Å². The highest BCUT2D eigenvalue weighted by atomic mass is 19.4. The molecule has 0 saturated heterocycles. The van der Waals surface area contributed by atoms with Crippen LogP contribution in [0.4, 0.5) is 17.6 Å². The van der Waals surface area contributed by atoms with Gasteiger partial charge in [0.05, 0.1) is 11.6 Å². The summed E-state index contributed by atoms with van der Waals surface area (Å²) in [6.07, 6.45) is 2.21. The van der Waals surface area contributed by atoms with Gasteiger partial charge in [-0.3, -0.25) is 5.32 Å². The third-order valence-corrected chi connectivity index (χ3v) is 2.69. The van der Waals surface area contributed by atoms with E-state index in [0.717, 1.165) is 18.6 Å². The van der Waals surface area contributed by atoms with Crippen LogP contribution in [0.25, 0.3) is 0 Å². The number of benzene rings is 1. The Morgan fingerprint density at radius 2 is 2.05 bits per heavy atom. The summed E-state index contributed by atoms with van der Waals surface area (Å²) in [6, 6.07) is 2.36. The molecule has 1 atom stereocenters. The smallest absolute Gasteiger partial charge is 0.300 e. The Bertz CT molecular complexity index is 459. The SMILES string of the molecule is C#CC(CCC)NCc1ccc(F)cc1C(F)(F)F. The predicted octanol–water partition coefficient (Wildman–Crippen LogP) is 3.74. The van der Waals surface area contributed by atoms with Gasteiger partial charge in [0.1, 0.15) is 5.82 Å². The van der Waals surface area contributed by atoms with Gasteiger partial charge in [-0.25, -0.2) is 4.39 Å². The molecule has 0 amide bonds. The van der Waals surface area contributed by atoms with Crippen molar-refractivity contribution in [3.8, 4) is 12.3 Å². The van der Waals surface area contributed by atoms with E-state index in [-0.39, 0.29) is 18.2 Å². The first-order valence-corrected chi connectivity index (χ1v) is 5.93. The van der Waals surface area contributed by atoms with Crippen molar-refractivity contribution < 1.29 is 17.6 Å². The van der Waals surface area contributed by atoms with Crippen molar-refractivity contribution >= 4 is 0 Å². The minimum absolute atomic E-state index is 0.00902. The lowest BCUT2D eigenvalue weighted by Gasteiger charge is -2.16. The number of hydrogen-bond acceptors (Lipinski definition) is 1. The number of hydrogen-bond donors (Lipinski definition) is 1. The van der Waals surface area contributed by atoms with Gasteiger partial charge in [0.15, 0.2) is 0 Å². The standard InChI is InChI=1S/C14H15F4N/c1-3-5-12(4-2)19-9-10-6-7-11(15)8-13(10)14(16,17)18/h2,6-8,12,19H,3,5,9H2,1H3. The third-order valence-electron chi connectivity index (χ3n) is 2.69. The average molecular weight is 273 g/mol. The minimum atomic E-state index is -4.57. The summed E-state index contributed by atoms with van der Waals surface area (Å²) in [6.45, 7) is 1.90. The second kappa shape index (κ2) is 6.58. The van der Waals surface area contributed by atoms with Crippen molar-refractivity contribution in [2.45, 2.75) is 38.5 Å². The molecule has 0 heterocycles. The average Bonchev–Trinajstić information content (AvgIpc) is 2.34. The molecule has 0 bridgehead atoms. The molecule has 0 aliphatic rings. The molecule has 1 aromatic rings. The molecular weight excluding hydrogens is 258 g/mol. The molecule has 1 N–H and O–H groups in total. The van der Waals surface area contributed by atoms with E-state index in [1.54, 1.807) is 0 Å². The van der Waals surface area contributed by atoms with Crippen LogP contribution in [-0.2, 0) is 12.7 Å². The summed E-state index contributed by atoms with van der Waals surface area (Å²) in [5.74, 6) is 1.57. The molecule has 0 aromatic heterocycles. The van der Waals surface area contributed by atoms with E-state index in [2.05, 4.69) is 11.2 Å². The van der Waals surface area contributed by atoms with Gasteiger partial charge in [-0.2, -0.15) is 13.2 Å². The zero-order valence-electron chi connectivity index (χ0n) is 10.5. The summed E-state index contributed by atoms with van der Waals surface area (Å²) in [4.78, 5) is 0. The Kier molecular flexibility index (Phi) is 5.37. The lowest BCUT2D eigenvalue weighted by Crippen LogP contribution is -2.28. The fourth-order valence-electron chi connectivity index (χ4n) is 1.73. The lowest BCUT2D eigenvalue weighted by atomic mass is 10.1. The number of terminal acetylenes is 1. The summed E-state index contributed by atoms with van der Waals surface area (Å²) in [5.41, 5.74) is -0.975. The van der Waals surface area contributed by atoms with Gasteiger partial charge in [0, 0.05) is 6.54 Å². The highest BCUT2D eigenvalue weighted by Crippen LogP contribution is 2.32. The van der Waals surface area contributed by atoms with Crippen LogP contribution >= 0.6 is 0 Å². The van der Waals surface area contributed by atoms with E-state index in [1.165, 1.54) is 0 Å². The summed E-state index contributed by atoms with van der Waals surface area (Å²) < 4.78 is 51.2. The molecule has 0 aliphatic carbocycles. The van der Waals surface area contributed by atoms with Gasteiger partial charge in [-0.1, -0.05) is 25.3 Å². The fraction of sp³-hybridized carbons (Fsp3) is 0.429. The van der Waals surface area contributed by atoms with Crippen LogP contribution in [0.5, 0.6) is 0 Å². The molecule has 0 fully saturated rings. The third kappa shape index (κ3) is 4.56. The van der Waals surface area contributed by atoms with Gasteiger partial charge < -0.3 is 0 Å². The number of halogens is 4. The normalized spacial score (nSPS) is 13.1. The van der Waals surface area contributed by atoms with Gasteiger partial charge in [-0.05, 0) is 24.1 Å². The molecule has 1 rings (SSSR count). The van der Waals surface area contributed by atoms with Gasteiger partial charge in [-0.15, -0.1) is 6.42 Å². The number of rotatable bonds is 5. The van der Waals surface area contributed by atoms with Crippen molar-refractivity contribution in [3.05, 3.63) is 35.1 Å². The highest BCUT2D eigenvalue weighted by Gasteiger charge is 2.33. The Labute approximate surface area is 110 Å². The number of alkyl halides is 3. The molecule has 0 saturated carbocycles. The molecule has 19 heavy (non-hydrogen) atoms.